The van der Waals surface area contributed by atoms with Crippen molar-refractivity contribution in [1.29, 1.82) is 0 Å². The van der Waals surface area contributed by atoms with Crippen molar-refractivity contribution in [3.8, 4) is 0 Å². The molecule has 2 N–H and O–H groups in total. The molecule has 0 fully saturated rings. The van der Waals surface area contributed by atoms with Gasteiger partial charge in [0.25, 0.3) is 0 Å². The third-order valence-corrected chi connectivity index (χ3v) is 2.78. The molecule has 0 spiro atoms. The molecule has 0 aromatic rings. The van der Waals surface area contributed by atoms with Crippen LogP contribution in [0.2, 0.25) is 0 Å². The van der Waals surface area contributed by atoms with Gasteiger partial charge in [0, 0.05) is 27.3 Å². The number of methoxy groups -OCH3 is 2. The highest BCUT2D eigenvalue weighted by Crippen LogP contribution is 2.08. The standard InChI is InChI=1S/C11H22N2O3S/c1-4-9(10(12)17)11(14)13(5-7-15-2)6-8-16-3/h9H,4-8H2,1-3H3,(H2,12,17). The van der Waals surface area contributed by atoms with E-state index in [0.29, 0.717) is 32.7 Å². The smallest absolute Gasteiger partial charge is 0.232 e. The third-order valence-electron chi connectivity index (χ3n) is 2.49. The Morgan fingerprint density at radius 2 is 1.76 bits per heavy atom. The van der Waals surface area contributed by atoms with Crippen molar-refractivity contribution in [2.45, 2.75) is 13.3 Å². The third kappa shape index (κ3) is 5.95. The van der Waals surface area contributed by atoms with Crippen molar-refractivity contribution in [2.24, 2.45) is 11.7 Å². The number of hydrogen-bond donors (Lipinski definition) is 1. The molecule has 0 saturated carbocycles. The second-order valence-electron chi connectivity index (χ2n) is 3.67. The summed E-state index contributed by atoms with van der Waals surface area (Å²) < 4.78 is 9.96. The fourth-order valence-corrected chi connectivity index (χ4v) is 1.72. The van der Waals surface area contributed by atoms with Gasteiger partial charge in [-0.1, -0.05) is 19.1 Å². The maximum atomic E-state index is 12.2. The van der Waals surface area contributed by atoms with Gasteiger partial charge in [0.1, 0.15) is 0 Å². The van der Waals surface area contributed by atoms with E-state index in [1.165, 1.54) is 0 Å². The maximum absolute atomic E-state index is 12.2. The molecule has 100 valence electrons. The Balaban J connectivity index is 4.52. The number of rotatable bonds is 9. The SMILES string of the molecule is CCC(C(=O)N(CCOC)CCOC)C(N)=S. The molecular weight excluding hydrogens is 240 g/mol. The van der Waals surface area contributed by atoms with E-state index in [1.54, 1.807) is 19.1 Å². The van der Waals surface area contributed by atoms with Crippen molar-refractivity contribution in [3.05, 3.63) is 0 Å². The number of thiocarbonyl (C=S) groups is 1. The highest BCUT2D eigenvalue weighted by molar-refractivity contribution is 7.80. The van der Waals surface area contributed by atoms with Gasteiger partial charge in [-0.15, -0.1) is 0 Å². The molecule has 6 heteroatoms. The summed E-state index contributed by atoms with van der Waals surface area (Å²) in [4.78, 5) is 14.1. The number of carbonyl (C=O) groups excluding carboxylic acids is 1. The Bertz CT molecular complexity index is 241. The summed E-state index contributed by atoms with van der Waals surface area (Å²) in [6.07, 6.45) is 0.616. The second-order valence-corrected chi connectivity index (χ2v) is 4.15. The van der Waals surface area contributed by atoms with Gasteiger partial charge < -0.3 is 20.1 Å². The number of hydrogen-bond acceptors (Lipinski definition) is 4. The lowest BCUT2D eigenvalue weighted by molar-refractivity contribution is -0.134. The highest BCUT2D eigenvalue weighted by atomic mass is 32.1. The maximum Gasteiger partial charge on any atom is 0.232 e. The number of carbonyl (C=O) groups is 1. The fraction of sp³-hybridized carbons (Fsp3) is 0.818. The summed E-state index contributed by atoms with van der Waals surface area (Å²) >= 11 is 4.90. The molecule has 0 bridgehead atoms. The monoisotopic (exact) mass is 262 g/mol. The van der Waals surface area contributed by atoms with Gasteiger partial charge in [-0.25, -0.2) is 0 Å². The van der Waals surface area contributed by atoms with Crippen LogP contribution in [0, 0.1) is 5.92 Å². The molecule has 0 aliphatic carbocycles. The predicted octanol–water partition coefficient (Wildman–Crippen LogP) is 0.420. The Labute approximate surface area is 108 Å². The van der Waals surface area contributed by atoms with Gasteiger partial charge in [0.2, 0.25) is 5.91 Å². The number of ether oxygens (including phenoxy) is 2. The van der Waals surface area contributed by atoms with Gasteiger partial charge in [-0.05, 0) is 6.42 Å². The lowest BCUT2D eigenvalue weighted by atomic mass is 10.1. The molecule has 1 amide bonds. The molecule has 5 nitrogen and oxygen atoms in total. The number of nitrogens with zero attached hydrogens (tertiary/aromatic N) is 1. The average molecular weight is 262 g/mol. The van der Waals surface area contributed by atoms with Gasteiger partial charge in [0.05, 0.1) is 24.1 Å². The molecule has 1 unspecified atom stereocenters. The van der Waals surface area contributed by atoms with Gasteiger partial charge in [-0.2, -0.15) is 0 Å². The van der Waals surface area contributed by atoms with Crippen LogP contribution in [-0.4, -0.2) is 56.3 Å². The van der Waals surface area contributed by atoms with Crippen molar-refractivity contribution in [2.75, 3.05) is 40.5 Å². The van der Waals surface area contributed by atoms with E-state index < -0.39 is 5.92 Å². The van der Waals surface area contributed by atoms with E-state index in [-0.39, 0.29) is 10.9 Å². The van der Waals surface area contributed by atoms with Crippen molar-refractivity contribution >= 4 is 23.1 Å². The lowest BCUT2D eigenvalue weighted by Gasteiger charge is -2.26. The first-order chi connectivity index (χ1) is 8.08. The fourth-order valence-electron chi connectivity index (χ4n) is 1.45. The highest BCUT2D eigenvalue weighted by Gasteiger charge is 2.24. The minimum atomic E-state index is -0.390. The van der Waals surface area contributed by atoms with Crippen LogP contribution in [0.3, 0.4) is 0 Å². The van der Waals surface area contributed by atoms with E-state index in [4.69, 9.17) is 27.4 Å². The van der Waals surface area contributed by atoms with Crippen LogP contribution >= 0.6 is 12.2 Å². The first-order valence-electron chi connectivity index (χ1n) is 5.64. The molecule has 0 aliphatic heterocycles. The Morgan fingerprint density at radius 3 is 2.06 bits per heavy atom. The van der Waals surface area contributed by atoms with Crippen molar-refractivity contribution in [1.82, 2.24) is 4.90 Å². The van der Waals surface area contributed by atoms with Crippen LogP contribution in [0.5, 0.6) is 0 Å². The molecule has 0 aliphatic rings. The zero-order chi connectivity index (χ0) is 13.3. The second kappa shape index (κ2) is 9.32. The molecule has 0 rings (SSSR count). The van der Waals surface area contributed by atoms with Crippen molar-refractivity contribution in [3.63, 3.8) is 0 Å². The summed E-state index contributed by atoms with van der Waals surface area (Å²) in [5.41, 5.74) is 5.56. The molecule has 1 atom stereocenters. The van der Waals surface area contributed by atoms with Crippen molar-refractivity contribution < 1.29 is 14.3 Å². The molecule has 0 heterocycles. The van der Waals surface area contributed by atoms with E-state index in [1.807, 2.05) is 6.92 Å². The van der Waals surface area contributed by atoms with E-state index >= 15 is 0 Å². The largest absolute Gasteiger partial charge is 0.393 e. The Morgan fingerprint density at radius 1 is 1.29 bits per heavy atom. The number of nitrogens with two attached hydrogens (primary N) is 1. The van der Waals surface area contributed by atoms with Gasteiger partial charge >= 0.3 is 0 Å². The normalized spacial score (nSPS) is 12.2. The molecule has 0 aromatic heterocycles. The van der Waals surface area contributed by atoms with E-state index in [9.17, 15) is 4.79 Å². The summed E-state index contributed by atoms with van der Waals surface area (Å²) in [6, 6.07) is 0. The quantitative estimate of drug-likeness (QED) is 0.610. The summed E-state index contributed by atoms with van der Waals surface area (Å²) in [7, 11) is 3.20. The zero-order valence-corrected chi connectivity index (χ0v) is 11.6. The van der Waals surface area contributed by atoms with Crippen LogP contribution < -0.4 is 5.73 Å². The minimum absolute atomic E-state index is 0.0471. The van der Waals surface area contributed by atoms with Crippen LogP contribution in [0.1, 0.15) is 13.3 Å². The summed E-state index contributed by atoms with van der Waals surface area (Å²) in [6.45, 7) is 3.93. The Kier molecular flexibility index (Phi) is 8.93. The molecule has 0 aromatic carbocycles. The molecular formula is C11H22N2O3S. The topological polar surface area (TPSA) is 64.8 Å². The minimum Gasteiger partial charge on any atom is -0.393 e. The van der Waals surface area contributed by atoms with E-state index in [0.717, 1.165) is 0 Å². The molecule has 17 heavy (non-hydrogen) atoms. The van der Waals surface area contributed by atoms with Crippen LogP contribution in [-0.2, 0) is 14.3 Å². The zero-order valence-electron chi connectivity index (χ0n) is 10.8. The number of amides is 1. The van der Waals surface area contributed by atoms with Crippen LogP contribution in [0.15, 0.2) is 0 Å². The Hall–Kier alpha value is -0.720. The first-order valence-corrected chi connectivity index (χ1v) is 6.05. The van der Waals surface area contributed by atoms with Crippen LogP contribution in [0.25, 0.3) is 0 Å². The van der Waals surface area contributed by atoms with Crippen LogP contribution in [0.4, 0.5) is 0 Å². The average Bonchev–Trinajstić information content (AvgIpc) is 2.29. The van der Waals surface area contributed by atoms with Gasteiger partial charge in [-0.3, -0.25) is 4.79 Å². The first kappa shape index (κ1) is 16.3. The summed E-state index contributed by atoms with van der Waals surface area (Å²) in [5, 5.41) is 0. The predicted molar refractivity (Wildman–Crippen MR) is 70.9 cm³/mol. The van der Waals surface area contributed by atoms with E-state index in [2.05, 4.69) is 0 Å². The molecule has 0 saturated heterocycles. The lowest BCUT2D eigenvalue weighted by Crippen LogP contribution is -2.43. The molecule has 0 radical (unpaired) electrons. The van der Waals surface area contributed by atoms with Gasteiger partial charge in [0.15, 0.2) is 0 Å². The summed E-state index contributed by atoms with van der Waals surface area (Å²) in [5.74, 6) is -0.437.